The SMILES string of the molecule is COC(=O)c1ccc2ncc(NCc3ccccc3C#N)c(=O)n2c1. The van der Waals surface area contributed by atoms with Crippen molar-refractivity contribution in [2.75, 3.05) is 12.4 Å². The maximum Gasteiger partial charge on any atom is 0.339 e. The molecule has 3 aromatic rings. The first-order valence-corrected chi connectivity index (χ1v) is 7.45. The monoisotopic (exact) mass is 334 g/mol. The minimum absolute atomic E-state index is 0.255. The summed E-state index contributed by atoms with van der Waals surface area (Å²) in [6.45, 7) is 0.309. The molecule has 0 saturated heterocycles. The zero-order chi connectivity index (χ0) is 17.8. The van der Waals surface area contributed by atoms with E-state index in [4.69, 9.17) is 5.26 Å². The zero-order valence-electron chi connectivity index (χ0n) is 13.4. The lowest BCUT2D eigenvalue weighted by atomic mass is 10.1. The molecule has 0 amide bonds. The van der Waals surface area contributed by atoms with Crippen molar-refractivity contribution in [1.29, 1.82) is 5.26 Å². The van der Waals surface area contributed by atoms with Crippen LogP contribution in [0.3, 0.4) is 0 Å². The smallest absolute Gasteiger partial charge is 0.339 e. The van der Waals surface area contributed by atoms with Gasteiger partial charge in [-0.05, 0) is 23.8 Å². The maximum atomic E-state index is 12.6. The average molecular weight is 334 g/mol. The third-order valence-electron chi connectivity index (χ3n) is 3.73. The van der Waals surface area contributed by atoms with E-state index in [1.165, 1.54) is 23.9 Å². The van der Waals surface area contributed by atoms with Crippen LogP contribution in [0.2, 0.25) is 0 Å². The largest absolute Gasteiger partial charge is 0.465 e. The average Bonchev–Trinajstić information content (AvgIpc) is 2.67. The van der Waals surface area contributed by atoms with Crippen molar-refractivity contribution in [3.63, 3.8) is 0 Å². The van der Waals surface area contributed by atoms with E-state index in [0.29, 0.717) is 17.8 Å². The molecule has 0 bridgehead atoms. The Morgan fingerprint density at radius 2 is 2.12 bits per heavy atom. The Bertz CT molecular complexity index is 1050. The van der Waals surface area contributed by atoms with E-state index in [2.05, 4.69) is 21.1 Å². The quantitative estimate of drug-likeness (QED) is 0.733. The van der Waals surface area contributed by atoms with Gasteiger partial charge in [0.05, 0.1) is 30.5 Å². The highest BCUT2D eigenvalue weighted by Gasteiger charge is 2.10. The molecule has 0 unspecified atom stereocenters. The fraction of sp³-hybridized carbons (Fsp3) is 0.111. The fourth-order valence-corrected chi connectivity index (χ4v) is 2.41. The third-order valence-corrected chi connectivity index (χ3v) is 3.73. The van der Waals surface area contributed by atoms with Gasteiger partial charge in [0.25, 0.3) is 5.56 Å². The van der Waals surface area contributed by atoms with Crippen molar-refractivity contribution in [3.8, 4) is 6.07 Å². The summed E-state index contributed by atoms with van der Waals surface area (Å²) in [5, 5.41) is 12.1. The Kier molecular flexibility index (Phi) is 4.44. The van der Waals surface area contributed by atoms with Crippen LogP contribution in [0, 0.1) is 11.3 Å². The molecule has 0 aliphatic rings. The Morgan fingerprint density at radius 3 is 2.88 bits per heavy atom. The standard InChI is InChI=1S/C18H14N4O3/c1-25-18(24)14-6-7-16-21-10-15(17(23)22(16)11-14)20-9-13-5-3-2-4-12(13)8-19/h2-7,10-11,20H,9H2,1H3. The molecular weight excluding hydrogens is 320 g/mol. The lowest BCUT2D eigenvalue weighted by Gasteiger charge is -2.09. The van der Waals surface area contributed by atoms with E-state index in [1.807, 2.05) is 12.1 Å². The lowest BCUT2D eigenvalue weighted by Crippen LogP contribution is -2.20. The van der Waals surface area contributed by atoms with Gasteiger partial charge >= 0.3 is 5.97 Å². The number of fused-ring (bicyclic) bond motifs is 1. The van der Waals surface area contributed by atoms with Gasteiger partial charge in [0.15, 0.2) is 0 Å². The summed E-state index contributed by atoms with van der Waals surface area (Å²) in [7, 11) is 1.28. The lowest BCUT2D eigenvalue weighted by molar-refractivity contribution is 0.0600. The van der Waals surface area contributed by atoms with Crippen molar-refractivity contribution in [3.05, 3.63) is 75.8 Å². The van der Waals surface area contributed by atoms with Crippen LogP contribution in [-0.2, 0) is 11.3 Å². The number of hydrogen-bond donors (Lipinski definition) is 1. The van der Waals surface area contributed by atoms with Gasteiger partial charge in [-0.3, -0.25) is 9.20 Å². The van der Waals surface area contributed by atoms with Gasteiger partial charge in [0.2, 0.25) is 0 Å². The van der Waals surface area contributed by atoms with Gasteiger partial charge in [-0.1, -0.05) is 18.2 Å². The number of aromatic nitrogens is 2. The minimum atomic E-state index is -0.532. The molecule has 2 heterocycles. The first-order valence-electron chi connectivity index (χ1n) is 7.45. The fourth-order valence-electron chi connectivity index (χ4n) is 2.41. The van der Waals surface area contributed by atoms with E-state index >= 15 is 0 Å². The molecule has 0 aliphatic carbocycles. The summed E-state index contributed by atoms with van der Waals surface area (Å²) in [6.07, 6.45) is 2.83. The number of rotatable bonds is 4. The number of esters is 1. The van der Waals surface area contributed by atoms with Crippen LogP contribution in [0.4, 0.5) is 5.69 Å². The van der Waals surface area contributed by atoms with Crippen molar-refractivity contribution in [2.45, 2.75) is 6.54 Å². The molecule has 7 nitrogen and oxygen atoms in total. The van der Waals surface area contributed by atoms with Crippen LogP contribution in [0.25, 0.3) is 5.65 Å². The summed E-state index contributed by atoms with van der Waals surface area (Å²) in [5.74, 6) is -0.532. The number of nitrogens with zero attached hydrogens (tertiary/aromatic N) is 3. The first-order chi connectivity index (χ1) is 12.1. The Labute approximate surface area is 143 Å². The Balaban J connectivity index is 1.94. The molecule has 3 rings (SSSR count). The van der Waals surface area contributed by atoms with E-state index in [1.54, 1.807) is 24.3 Å². The van der Waals surface area contributed by atoms with Crippen LogP contribution in [0.5, 0.6) is 0 Å². The molecule has 0 saturated carbocycles. The van der Waals surface area contributed by atoms with E-state index in [0.717, 1.165) is 5.56 Å². The molecule has 1 N–H and O–H groups in total. The Morgan fingerprint density at radius 1 is 1.32 bits per heavy atom. The van der Waals surface area contributed by atoms with Gasteiger partial charge in [-0.25, -0.2) is 9.78 Å². The predicted octanol–water partition coefficient (Wildman–Crippen LogP) is 1.96. The highest BCUT2D eigenvalue weighted by Crippen LogP contribution is 2.10. The maximum absolute atomic E-state index is 12.6. The van der Waals surface area contributed by atoms with Crippen molar-refractivity contribution in [2.24, 2.45) is 0 Å². The molecular formula is C18H14N4O3. The highest BCUT2D eigenvalue weighted by atomic mass is 16.5. The summed E-state index contributed by atoms with van der Waals surface area (Å²) < 4.78 is 5.95. The number of nitriles is 1. The summed E-state index contributed by atoms with van der Waals surface area (Å²) in [6, 6.07) is 12.4. The molecule has 124 valence electrons. The van der Waals surface area contributed by atoms with Crippen LogP contribution in [0.15, 0.2) is 53.6 Å². The number of benzene rings is 1. The molecule has 0 aliphatic heterocycles. The van der Waals surface area contributed by atoms with Crippen molar-refractivity contribution < 1.29 is 9.53 Å². The van der Waals surface area contributed by atoms with Crippen molar-refractivity contribution >= 4 is 17.3 Å². The first kappa shape index (κ1) is 16.2. The van der Waals surface area contributed by atoms with Gasteiger partial charge in [0.1, 0.15) is 11.3 Å². The minimum Gasteiger partial charge on any atom is -0.465 e. The normalized spacial score (nSPS) is 10.2. The van der Waals surface area contributed by atoms with Gasteiger partial charge in [0, 0.05) is 12.7 Å². The predicted molar refractivity (Wildman–Crippen MR) is 91.3 cm³/mol. The van der Waals surface area contributed by atoms with Gasteiger partial charge in [-0.15, -0.1) is 0 Å². The van der Waals surface area contributed by atoms with Crippen molar-refractivity contribution in [1.82, 2.24) is 9.38 Å². The number of carbonyl (C=O) groups is 1. The second-order valence-corrected chi connectivity index (χ2v) is 5.24. The third kappa shape index (κ3) is 3.19. The van der Waals surface area contributed by atoms with Gasteiger partial charge < -0.3 is 10.1 Å². The molecule has 25 heavy (non-hydrogen) atoms. The molecule has 0 spiro atoms. The number of pyridine rings is 1. The number of anilines is 1. The highest BCUT2D eigenvalue weighted by molar-refractivity contribution is 5.89. The molecule has 7 heteroatoms. The molecule has 1 aromatic carbocycles. The number of carbonyl (C=O) groups excluding carboxylic acids is 1. The number of methoxy groups -OCH3 is 1. The molecule has 0 atom stereocenters. The van der Waals surface area contributed by atoms with Gasteiger partial charge in [-0.2, -0.15) is 5.26 Å². The van der Waals surface area contributed by atoms with Crippen LogP contribution in [-0.4, -0.2) is 22.5 Å². The second kappa shape index (κ2) is 6.84. The number of nitrogens with one attached hydrogen (secondary N) is 1. The second-order valence-electron chi connectivity index (χ2n) is 5.24. The Hall–Kier alpha value is -3.66. The number of ether oxygens (including phenoxy) is 1. The van der Waals surface area contributed by atoms with Crippen LogP contribution in [0.1, 0.15) is 21.5 Å². The van der Waals surface area contributed by atoms with Crippen LogP contribution >= 0.6 is 0 Å². The van der Waals surface area contributed by atoms with E-state index in [9.17, 15) is 9.59 Å². The summed E-state index contributed by atoms with van der Waals surface area (Å²) in [5.41, 5.74) is 1.92. The zero-order valence-corrected chi connectivity index (χ0v) is 13.4. The van der Waals surface area contributed by atoms with E-state index in [-0.39, 0.29) is 16.8 Å². The molecule has 2 aromatic heterocycles. The summed E-state index contributed by atoms with van der Waals surface area (Å²) >= 11 is 0. The molecule has 0 fully saturated rings. The summed E-state index contributed by atoms with van der Waals surface area (Å²) in [4.78, 5) is 28.4. The van der Waals surface area contributed by atoms with E-state index < -0.39 is 5.97 Å². The topological polar surface area (TPSA) is 96.5 Å². The van der Waals surface area contributed by atoms with Crippen LogP contribution < -0.4 is 10.9 Å². The number of hydrogen-bond acceptors (Lipinski definition) is 6. The molecule has 0 radical (unpaired) electrons.